The third-order valence-electron chi connectivity index (χ3n) is 2.40. The quantitative estimate of drug-likeness (QED) is 0.944. The first-order valence-corrected chi connectivity index (χ1v) is 5.85. The standard InChI is InChI=1S/C12H9ClF3N3O/c13-9-5-8(2-1-7(9)6-17)20-11-4-3-10(18-19-11)12(14,15)16/h1-5H,6,17H2. The molecule has 1 aromatic heterocycles. The third-order valence-corrected chi connectivity index (χ3v) is 2.75. The van der Waals surface area contributed by atoms with Crippen molar-refractivity contribution in [3.8, 4) is 11.6 Å². The number of benzene rings is 1. The second-order valence-corrected chi connectivity index (χ2v) is 4.22. The third kappa shape index (κ3) is 3.37. The Balaban J connectivity index is 2.16. The lowest BCUT2D eigenvalue weighted by Gasteiger charge is -2.08. The molecule has 0 amide bonds. The Kier molecular flexibility index (Phi) is 4.10. The smallest absolute Gasteiger partial charge is 0.435 e. The number of nitrogens with zero attached hydrogens (tertiary/aromatic N) is 2. The van der Waals surface area contributed by atoms with E-state index in [1.165, 1.54) is 6.07 Å². The lowest BCUT2D eigenvalue weighted by Crippen LogP contribution is -2.08. The summed E-state index contributed by atoms with van der Waals surface area (Å²) in [6, 6.07) is 6.63. The van der Waals surface area contributed by atoms with Crippen molar-refractivity contribution in [3.05, 3.63) is 46.6 Å². The van der Waals surface area contributed by atoms with E-state index >= 15 is 0 Å². The minimum absolute atomic E-state index is 0.0606. The van der Waals surface area contributed by atoms with E-state index in [4.69, 9.17) is 22.1 Å². The van der Waals surface area contributed by atoms with Crippen molar-refractivity contribution in [2.75, 3.05) is 0 Å². The molecule has 1 aromatic carbocycles. The Morgan fingerprint density at radius 2 is 1.90 bits per heavy atom. The number of hydrogen-bond donors (Lipinski definition) is 1. The molecule has 106 valence electrons. The number of hydrogen-bond acceptors (Lipinski definition) is 4. The van der Waals surface area contributed by atoms with Crippen LogP contribution in [0.25, 0.3) is 0 Å². The molecule has 0 atom stereocenters. The van der Waals surface area contributed by atoms with E-state index in [9.17, 15) is 13.2 Å². The summed E-state index contributed by atoms with van der Waals surface area (Å²) >= 11 is 5.94. The van der Waals surface area contributed by atoms with Gasteiger partial charge in [0.2, 0.25) is 5.88 Å². The Morgan fingerprint density at radius 1 is 1.15 bits per heavy atom. The molecule has 0 aliphatic carbocycles. The first kappa shape index (κ1) is 14.5. The molecule has 2 rings (SSSR count). The Bertz CT molecular complexity index is 602. The van der Waals surface area contributed by atoms with Crippen molar-refractivity contribution in [1.82, 2.24) is 10.2 Å². The van der Waals surface area contributed by atoms with Crippen molar-refractivity contribution in [2.24, 2.45) is 5.73 Å². The van der Waals surface area contributed by atoms with Crippen molar-refractivity contribution in [2.45, 2.75) is 12.7 Å². The number of alkyl halides is 3. The van der Waals surface area contributed by atoms with Crippen LogP contribution in [-0.2, 0) is 12.7 Å². The molecule has 0 bridgehead atoms. The van der Waals surface area contributed by atoms with E-state index in [0.717, 1.165) is 17.7 Å². The largest absolute Gasteiger partial charge is 0.437 e. The van der Waals surface area contributed by atoms with Crippen LogP contribution in [0.2, 0.25) is 5.02 Å². The summed E-state index contributed by atoms with van der Waals surface area (Å²) in [5.41, 5.74) is 5.11. The molecule has 0 fully saturated rings. The second-order valence-electron chi connectivity index (χ2n) is 3.81. The zero-order valence-corrected chi connectivity index (χ0v) is 10.7. The summed E-state index contributed by atoms with van der Waals surface area (Å²) < 4.78 is 42.2. The summed E-state index contributed by atoms with van der Waals surface area (Å²) in [7, 11) is 0. The normalized spacial score (nSPS) is 11.4. The van der Waals surface area contributed by atoms with Gasteiger partial charge < -0.3 is 10.5 Å². The van der Waals surface area contributed by atoms with Crippen LogP contribution in [-0.4, -0.2) is 10.2 Å². The van der Waals surface area contributed by atoms with Crippen molar-refractivity contribution in [3.63, 3.8) is 0 Å². The van der Waals surface area contributed by atoms with Crippen LogP contribution in [0.4, 0.5) is 13.2 Å². The molecular weight excluding hydrogens is 295 g/mol. The average molecular weight is 304 g/mol. The fourth-order valence-electron chi connectivity index (χ4n) is 1.40. The number of aromatic nitrogens is 2. The molecule has 2 N–H and O–H groups in total. The molecule has 0 saturated heterocycles. The van der Waals surface area contributed by atoms with Gasteiger partial charge in [-0.2, -0.15) is 13.2 Å². The van der Waals surface area contributed by atoms with Gasteiger partial charge in [-0.1, -0.05) is 17.7 Å². The summed E-state index contributed by atoms with van der Waals surface area (Å²) in [5.74, 6) is 0.274. The molecule has 0 aliphatic rings. The van der Waals surface area contributed by atoms with Crippen molar-refractivity contribution in [1.29, 1.82) is 0 Å². The number of halogens is 4. The number of nitrogens with two attached hydrogens (primary N) is 1. The lowest BCUT2D eigenvalue weighted by molar-refractivity contribution is -0.141. The summed E-state index contributed by atoms with van der Waals surface area (Å²) in [6.07, 6.45) is -4.53. The van der Waals surface area contributed by atoms with Crippen LogP contribution in [0.3, 0.4) is 0 Å². The Hall–Kier alpha value is -1.86. The highest BCUT2D eigenvalue weighted by Crippen LogP contribution is 2.29. The molecule has 20 heavy (non-hydrogen) atoms. The van der Waals surface area contributed by atoms with Gasteiger partial charge in [-0.25, -0.2) is 0 Å². The van der Waals surface area contributed by atoms with Crippen molar-refractivity contribution >= 4 is 11.6 Å². The molecule has 0 spiro atoms. The van der Waals surface area contributed by atoms with Gasteiger partial charge in [-0.3, -0.25) is 0 Å². The van der Waals surface area contributed by atoms with E-state index < -0.39 is 11.9 Å². The fourth-order valence-corrected chi connectivity index (χ4v) is 1.65. The minimum Gasteiger partial charge on any atom is -0.437 e. The van der Waals surface area contributed by atoms with Gasteiger partial charge in [0.25, 0.3) is 0 Å². The van der Waals surface area contributed by atoms with Gasteiger partial charge in [0.15, 0.2) is 5.69 Å². The highest BCUT2D eigenvalue weighted by atomic mass is 35.5. The molecule has 4 nitrogen and oxygen atoms in total. The number of rotatable bonds is 3. The molecule has 0 saturated carbocycles. The minimum atomic E-state index is -4.53. The van der Waals surface area contributed by atoms with Crippen LogP contribution in [0.5, 0.6) is 11.6 Å². The van der Waals surface area contributed by atoms with E-state index in [1.54, 1.807) is 12.1 Å². The molecule has 1 heterocycles. The van der Waals surface area contributed by atoms with Gasteiger partial charge >= 0.3 is 6.18 Å². The maximum absolute atomic E-state index is 12.3. The SMILES string of the molecule is NCc1ccc(Oc2ccc(C(F)(F)F)nn2)cc1Cl. The van der Waals surface area contributed by atoms with E-state index in [1.807, 2.05) is 0 Å². The fraction of sp³-hybridized carbons (Fsp3) is 0.167. The molecule has 2 aromatic rings. The number of ether oxygens (including phenoxy) is 1. The summed E-state index contributed by atoms with van der Waals surface area (Å²) in [4.78, 5) is 0. The van der Waals surface area contributed by atoms with Crippen LogP contribution >= 0.6 is 11.6 Å². The summed E-state index contributed by atoms with van der Waals surface area (Å²) in [5, 5.41) is 6.81. The topological polar surface area (TPSA) is 61.0 Å². The highest BCUT2D eigenvalue weighted by Gasteiger charge is 2.32. The monoisotopic (exact) mass is 303 g/mol. The predicted molar refractivity (Wildman–Crippen MR) is 66.5 cm³/mol. The zero-order valence-electron chi connectivity index (χ0n) is 9.99. The Morgan fingerprint density at radius 3 is 2.40 bits per heavy atom. The zero-order chi connectivity index (χ0) is 14.8. The lowest BCUT2D eigenvalue weighted by atomic mass is 10.2. The molecule has 0 radical (unpaired) electrons. The first-order valence-electron chi connectivity index (χ1n) is 5.47. The van der Waals surface area contributed by atoms with Gasteiger partial charge in [-0.05, 0) is 23.8 Å². The van der Waals surface area contributed by atoms with E-state index in [2.05, 4.69) is 10.2 Å². The molecule has 0 aliphatic heterocycles. The maximum Gasteiger partial charge on any atom is 0.435 e. The molecule has 0 unspecified atom stereocenters. The van der Waals surface area contributed by atoms with Gasteiger partial charge in [0, 0.05) is 17.6 Å². The van der Waals surface area contributed by atoms with Gasteiger partial charge in [0.05, 0.1) is 0 Å². The van der Waals surface area contributed by atoms with E-state index in [-0.39, 0.29) is 12.4 Å². The highest BCUT2D eigenvalue weighted by molar-refractivity contribution is 6.31. The van der Waals surface area contributed by atoms with E-state index in [0.29, 0.717) is 10.8 Å². The van der Waals surface area contributed by atoms with Gasteiger partial charge in [-0.15, -0.1) is 10.2 Å². The predicted octanol–water partition coefficient (Wildman–Crippen LogP) is 3.40. The average Bonchev–Trinajstić information content (AvgIpc) is 2.38. The molecule has 8 heteroatoms. The first-order chi connectivity index (χ1) is 9.40. The molecular formula is C12H9ClF3N3O. The van der Waals surface area contributed by atoms with Crippen LogP contribution < -0.4 is 10.5 Å². The summed E-state index contributed by atoms with van der Waals surface area (Å²) in [6.45, 7) is 0.277. The Labute approximate surface area is 117 Å². The second kappa shape index (κ2) is 5.64. The van der Waals surface area contributed by atoms with Crippen LogP contribution in [0.1, 0.15) is 11.3 Å². The van der Waals surface area contributed by atoms with Crippen molar-refractivity contribution < 1.29 is 17.9 Å². The maximum atomic E-state index is 12.3. The van der Waals surface area contributed by atoms with Crippen LogP contribution in [0, 0.1) is 0 Å². The van der Waals surface area contributed by atoms with Gasteiger partial charge in [0.1, 0.15) is 5.75 Å². The van der Waals surface area contributed by atoms with Crippen LogP contribution in [0.15, 0.2) is 30.3 Å².